The lowest BCUT2D eigenvalue weighted by Crippen LogP contribution is -2.04. The van der Waals surface area contributed by atoms with E-state index in [1.54, 1.807) is 0 Å². The summed E-state index contributed by atoms with van der Waals surface area (Å²) in [5.41, 5.74) is 2.07. The van der Waals surface area contributed by atoms with E-state index in [2.05, 4.69) is 21.3 Å². The van der Waals surface area contributed by atoms with E-state index in [1.807, 2.05) is 13.0 Å². The van der Waals surface area contributed by atoms with E-state index in [0.29, 0.717) is 12.6 Å². The number of anilines is 1. The van der Waals surface area contributed by atoms with Crippen molar-refractivity contribution in [1.82, 2.24) is 9.78 Å². The molecule has 0 spiro atoms. The third-order valence-corrected chi connectivity index (χ3v) is 4.57. The lowest BCUT2D eigenvalue weighted by Gasteiger charge is -2.08. The molecule has 1 aliphatic carbocycles. The molecule has 0 unspecified atom stereocenters. The fourth-order valence-electron chi connectivity index (χ4n) is 2.64. The predicted molar refractivity (Wildman–Crippen MR) is 76.1 cm³/mol. The summed E-state index contributed by atoms with van der Waals surface area (Å²) < 4.78 is 15.0. The maximum atomic E-state index is 12.9. The summed E-state index contributed by atoms with van der Waals surface area (Å²) in [6.45, 7) is 2.68. The van der Waals surface area contributed by atoms with Crippen LogP contribution in [0.1, 0.15) is 42.3 Å². The number of nitrogens with one attached hydrogen (secondary N) is 1. The minimum atomic E-state index is -0.129. The Bertz CT molecular complexity index is 555. The highest BCUT2D eigenvalue weighted by Gasteiger charge is 2.18. The molecular weight excluding hydrogens is 261 g/mol. The Kier molecular flexibility index (Phi) is 3.55. The molecule has 0 amide bonds. The molecule has 0 aliphatic heterocycles. The summed E-state index contributed by atoms with van der Waals surface area (Å²) in [5, 5.41) is 7.81. The van der Waals surface area contributed by atoms with Crippen molar-refractivity contribution in [1.29, 1.82) is 0 Å². The Morgan fingerprint density at radius 1 is 1.42 bits per heavy atom. The molecule has 5 heteroatoms. The Labute approximate surface area is 116 Å². The Morgan fingerprint density at radius 2 is 2.21 bits per heavy atom. The van der Waals surface area contributed by atoms with E-state index in [0.717, 1.165) is 16.3 Å². The summed E-state index contributed by atoms with van der Waals surface area (Å²) in [7, 11) is 0. The van der Waals surface area contributed by atoms with Gasteiger partial charge in [0.25, 0.3) is 0 Å². The molecule has 19 heavy (non-hydrogen) atoms. The van der Waals surface area contributed by atoms with Gasteiger partial charge >= 0.3 is 0 Å². The smallest absolute Gasteiger partial charge is 0.176 e. The van der Waals surface area contributed by atoms with Crippen LogP contribution in [-0.2, 0) is 6.54 Å². The average Bonchev–Trinajstić information content (AvgIpc) is 3.07. The fraction of sp³-hybridized carbons (Fsp3) is 0.500. The first-order valence-electron chi connectivity index (χ1n) is 6.76. The van der Waals surface area contributed by atoms with Gasteiger partial charge in [0.2, 0.25) is 0 Å². The predicted octanol–water partition coefficient (Wildman–Crippen LogP) is 4.12. The van der Waals surface area contributed by atoms with Gasteiger partial charge in [-0.05, 0) is 31.9 Å². The Balaban J connectivity index is 1.67. The molecule has 102 valence electrons. The van der Waals surface area contributed by atoms with Gasteiger partial charge in [-0.25, -0.2) is 0 Å². The normalized spacial score (nSPS) is 16.1. The maximum Gasteiger partial charge on any atom is 0.176 e. The molecule has 0 saturated heterocycles. The Morgan fingerprint density at radius 3 is 2.89 bits per heavy atom. The van der Waals surface area contributed by atoms with Crippen molar-refractivity contribution in [2.75, 3.05) is 5.32 Å². The number of aryl methyl sites for hydroxylation is 1. The second kappa shape index (κ2) is 5.33. The van der Waals surface area contributed by atoms with Gasteiger partial charge in [-0.15, -0.1) is 11.3 Å². The molecule has 0 atom stereocenters. The lowest BCUT2D eigenvalue weighted by atomic mass is 10.3. The summed E-state index contributed by atoms with van der Waals surface area (Å²) in [5.74, 6) is 0. The van der Waals surface area contributed by atoms with Crippen LogP contribution in [0.15, 0.2) is 18.3 Å². The van der Waals surface area contributed by atoms with Crippen molar-refractivity contribution < 1.29 is 4.39 Å². The highest BCUT2D eigenvalue weighted by Crippen LogP contribution is 2.30. The van der Waals surface area contributed by atoms with E-state index in [1.165, 1.54) is 43.1 Å². The number of nitrogens with zero attached hydrogens (tertiary/aromatic N) is 2. The number of thiophene rings is 1. The zero-order chi connectivity index (χ0) is 13.2. The van der Waals surface area contributed by atoms with Crippen LogP contribution < -0.4 is 5.32 Å². The summed E-state index contributed by atoms with van der Waals surface area (Å²) in [4.78, 5) is 1.01. The van der Waals surface area contributed by atoms with Gasteiger partial charge in [0.15, 0.2) is 5.13 Å². The van der Waals surface area contributed by atoms with Gasteiger partial charge in [0, 0.05) is 17.6 Å². The highest BCUT2D eigenvalue weighted by atomic mass is 32.1. The molecule has 2 aromatic heterocycles. The van der Waals surface area contributed by atoms with Crippen molar-refractivity contribution in [3.8, 4) is 0 Å². The molecule has 0 radical (unpaired) electrons. The Hall–Kier alpha value is -1.36. The largest absolute Gasteiger partial charge is 0.377 e. The number of hydrogen-bond donors (Lipinski definition) is 1. The number of rotatable bonds is 4. The third-order valence-electron chi connectivity index (χ3n) is 3.70. The molecule has 3 nitrogen and oxygen atoms in total. The molecule has 1 fully saturated rings. The first-order chi connectivity index (χ1) is 9.22. The zero-order valence-corrected chi connectivity index (χ0v) is 11.8. The van der Waals surface area contributed by atoms with E-state index in [9.17, 15) is 4.39 Å². The van der Waals surface area contributed by atoms with Gasteiger partial charge in [-0.3, -0.25) is 4.68 Å². The fourth-order valence-corrected chi connectivity index (χ4v) is 3.31. The molecule has 2 heterocycles. The van der Waals surface area contributed by atoms with Crippen LogP contribution >= 0.6 is 11.3 Å². The molecule has 2 aromatic rings. The van der Waals surface area contributed by atoms with Crippen LogP contribution in [0.5, 0.6) is 0 Å². The first-order valence-corrected chi connectivity index (χ1v) is 7.58. The van der Waals surface area contributed by atoms with E-state index >= 15 is 0 Å². The minimum absolute atomic E-state index is 0.129. The second-order valence-electron chi connectivity index (χ2n) is 5.11. The van der Waals surface area contributed by atoms with Crippen molar-refractivity contribution in [3.63, 3.8) is 0 Å². The zero-order valence-electron chi connectivity index (χ0n) is 11.0. The van der Waals surface area contributed by atoms with E-state index in [4.69, 9.17) is 0 Å². The SMILES string of the molecule is Cc1nn(C2CCCC2)cc1NCc1ccc(F)s1. The van der Waals surface area contributed by atoms with Crippen LogP contribution in [-0.4, -0.2) is 9.78 Å². The minimum Gasteiger partial charge on any atom is -0.377 e. The quantitative estimate of drug-likeness (QED) is 0.912. The molecule has 0 bridgehead atoms. The van der Waals surface area contributed by atoms with Gasteiger partial charge in [-0.1, -0.05) is 12.8 Å². The van der Waals surface area contributed by atoms with Crippen molar-refractivity contribution in [2.45, 2.75) is 45.2 Å². The summed E-state index contributed by atoms with van der Waals surface area (Å²) >= 11 is 1.19. The van der Waals surface area contributed by atoms with Crippen molar-refractivity contribution in [3.05, 3.63) is 34.0 Å². The van der Waals surface area contributed by atoms with Crippen molar-refractivity contribution in [2.24, 2.45) is 0 Å². The van der Waals surface area contributed by atoms with Gasteiger partial charge in [-0.2, -0.15) is 9.49 Å². The van der Waals surface area contributed by atoms with Gasteiger partial charge in [0.05, 0.1) is 17.4 Å². The molecule has 1 saturated carbocycles. The third kappa shape index (κ3) is 2.81. The maximum absolute atomic E-state index is 12.9. The average molecular weight is 279 g/mol. The van der Waals surface area contributed by atoms with Gasteiger partial charge in [0.1, 0.15) is 0 Å². The van der Waals surface area contributed by atoms with Gasteiger partial charge < -0.3 is 5.32 Å². The monoisotopic (exact) mass is 279 g/mol. The lowest BCUT2D eigenvalue weighted by molar-refractivity contribution is 0.464. The second-order valence-corrected chi connectivity index (χ2v) is 6.22. The van der Waals surface area contributed by atoms with Crippen LogP contribution in [0.4, 0.5) is 10.1 Å². The standard InChI is InChI=1S/C14H18FN3S/c1-10-13(16-8-12-6-7-14(15)19-12)9-18(17-10)11-4-2-3-5-11/h6-7,9,11,16H,2-5,8H2,1H3. The molecule has 3 rings (SSSR count). The van der Waals surface area contributed by atoms with Crippen LogP contribution in [0.25, 0.3) is 0 Å². The number of aromatic nitrogens is 2. The van der Waals surface area contributed by atoms with E-state index < -0.39 is 0 Å². The van der Waals surface area contributed by atoms with Crippen molar-refractivity contribution >= 4 is 17.0 Å². The number of hydrogen-bond acceptors (Lipinski definition) is 3. The summed E-state index contributed by atoms with van der Waals surface area (Å²) in [6.07, 6.45) is 7.17. The highest BCUT2D eigenvalue weighted by molar-refractivity contribution is 7.10. The van der Waals surface area contributed by atoms with Crippen LogP contribution in [0.2, 0.25) is 0 Å². The first kappa shape index (κ1) is 12.7. The molecule has 0 aromatic carbocycles. The topological polar surface area (TPSA) is 29.9 Å². The molecular formula is C14H18FN3S. The number of halogens is 1. The van der Waals surface area contributed by atoms with E-state index in [-0.39, 0.29) is 5.13 Å². The molecule has 1 N–H and O–H groups in total. The molecule has 1 aliphatic rings. The summed E-state index contributed by atoms with van der Waals surface area (Å²) in [6, 6.07) is 3.90. The van der Waals surface area contributed by atoms with Crippen LogP contribution in [0.3, 0.4) is 0 Å². The van der Waals surface area contributed by atoms with Crippen LogP contribution in [0, 0.1) is 12.1 Å².